The van der Waals surface area contributed by atoms with E-state index in [1.807, 2.05) is 25.1 Å². The monoisotopic (exact) mass is 258 g/mol. The standard InChI is InChI=1S/C15H18N2O2/c1-3-11-6-4-5-10(2)14(11)17-15(18)13-8-7-12(9-16)19-13/h4-8H,3,9,16H2,1-2H3,(H,17,18). The largest absolute Gasteiger partial charge is 0.455 e. The number of amides is 1. The van der Waals surface area contributed by atoms with Crippen LogP contribution in [-0.2, 0) is 13.0 Å². The fourth-order valence-electron chi connectivity index (χ4n) is 1.99. The first kappa shape index (κ1) is 13.4. The number of carbonyl (C=O) groups excluding carboxylic acids is 1. The first-order valence-electron chi connectivity index (χ1n) is 6.34. The van der Waals surface area contributed by atoms with Crippen LogP contribution in [0.2, 0.25) is 0 Å². The fourth-order valence-corrected chi connectivity index (χ4v) is 1.99. The molecular weight excluding hydrogens is 240 g/mol. The summed E-state index contributed by atoms with van der Waals surface area (Å²) in [5.74, 6) is 0.639. The molecule has 4 nitrogen and oxygen atoms in total. The number of carbonyl (C=O) groups is 1. The number of anilines is 1. The highest BCUT2D eigenvalue weighted by molar-refractivity contribution is 6.03. The molecule has 0 spiro atoms. The van der Waals surface area contributed by atoms with Gasteiger partial charge >= 0.3 is 0 Å². The molecule has 0 saturated heterocycles. The van der Waals surface area contributed by atoms with Crippen LogP contribution in [0.3, 0.4) is 0 Å². The number of nitrogens with one attached hydrogen (secondary N) is 1. The Bertz CT molecular complexity index is 588. The van der Waals surface area contributed by atoms with Crippen LogP contribution in [0.15, 0.2) is 34.7 Å². The number of para-hydroxylation sites is 1. The van der Waals surface area contributed by atoms with E-state index in [-0.39, 0.29) is 18.2 Å². The van der Waals surface area contributed by atoms with Crippen molar-refractivity contribution < 1.29 is 9.21 Å². The average molecular weight is 258 g/mol. The van der Waals surface area contributed by atoms with E-state index >= 15 is 0 Å². The minimum atomic E-state index is -0.247. The van der Waals surface area contributed by atoms with Crippen LogP contribution in [-0.4, -0.2) is 5.91 Å². The zero-order valence-corrected chi connectivity index (χ0v) is 11.2. The maximum atomic E-state index is 12.1. The van der Waals surface area contributed by atoms with Gasteiger partial charge in [0.1, 0.15) is 5.76 Å². The minimum Gasteiger partial charge on any atom is -0.455 e. The van der Waals surface area contributed by atoms with Gasteiger partial charge in [-0.3, -0.25) is 4.79 Å². The van der Waals surface area contributed by atoms with Gasteiger partial charge < -0.3 is 15.5 Å². The lowest BCUT2D eigenvalue weighted by atomic mass is 10.1. The van der Waals surface area contributed by atoms with Crippen LogP contribution in [0.4, 0.5) is 5.69 Å². The molecule has 0 aliphatic carbocycles. The Hall–Kier alpha value is -2.07. The third kappa shape index (κ3) is 2.85. The summed E-state index contributed by atoms with van der Waals surface area (Å²) in [6.45, 7) is 4.32. The molecular formula is C15H18N2O2. The number of aryl methyl sites for hydroxylation is 2. The molecule has 100 valence electrons. The van der Waals surface area contributed by atoms with Crippen molar-refractivity contribution in [2.45, 2.75) is 26.8 Å². The van der Waals surface area contributed by atoms with Gasteiger partial charge in [-0.25, -0.2) is 0 Å². The number of hydrogen-bond acceptors (Lipinski definition) is 3. The van der Waals surface area contributed by atoms with E-state index < -0.39 is 0 Å². The summed E-state index contributed by atoms with van der Waals surface area (Å²) in [7, 11) is 0. The van der Waals surface area contributed by atoms with E-state index in [9.17, 15) is 4.79 Å². The Kier molecular flexibility index (Phi) is 4.02. The molecule has 0 aliphatic heterocycles. The maximum absolute atomic E-state index is 12.1. The molecule has 4 heteroatoms. The average Bonchev–Trinajstić information content (AvgIpc) is 2.90. The topological polar surface area (TPSA) is 68.3 Å². The minimum absolute atomic E-state index is 0.247. The van der Waals surface area contributed by atoms with Crippen LogP contribution < -0.4 is 11.1 Å². The molecule has 0 atom stereocenters. The van der Waals surface area contributed by atoms with Crippen molar-refractivity contribution in [2.24, 2.45) is 5.73 Å². The molecule has 1 heterocycles. The summed E-state index contributed by atoms with van der Waals surface area (Å²) in [6, 6.07) is 9.33. The first-order valence-corrected chi connectivity index (χ1v) is 6.34. The van der Waals surface area contributed by atoms with Crippen molar-refractivity contribution in [1.82, 2.24) is 0 Å². The van der Waals surface area contributed by atoms with E-state index in [2.05, 4.69) is 12.2 Å². The van der Waals surface area contributed by atoms with Gasteiger partial charge in [-0.2, -0.15) is 0 Å². The van der Waals surface area contributed by atoms with Crippen molar-refractivity contribution >= 4 is 11.6 Å². The van der Waals surface area contributed by atoms with Crippen LogP contribution in [0.5, 0.6) is 0 Å². The molecule has 1 amide bonds. The maximum Gasteiger partial charge on any atom is 0.291 e. The van der Waals surface area contributed by atoms with Crippen molar-refractivity contribution in [3.63, 3.8) is 0 Å². The predicted molar refractivity (Wildman–Crippen MR) is 75.1 cm³/mol. The van der Waals surface area contributed by atoms with Gasteiger partial charge in [0.2, 0.25) is 0 Å². The Labute approximate surface area is 112 Å². The molecule has 2 rings (SSSR count). The third-order valence-electron chi connectivity index (χ3n) is 3.07. The predicted octanol–water partition coefficient (Wildman–Crippen LogP) is 2.86. The van der Waals surface area contributed by atoms with E-state index in [1.165, 1.54) is 0 Å². The molecule has 0 saturated carbocycles. The fraction of sp³-hybridized carbons (Fsp3) is 0.267. The number of rotatable bonds is 4. The Morgan fingerprint density at radius 3 is 2.74 bits per heavy atom. The lowest BCUT2D eigenvalue weighted by Gasteiger charge is -2.11. The summed E-state index contributed by atoms with van der Waals surface area (Å²) in [6.07, 6.45) is 0.865. The highest BCUT2D eigenvalue weighted by atomic mass is 16.4. The third-order valence-corrected chi connectivity index (χ3v) is 3.07. The van der Waals surface area contributed by atoms with Crippen LogP contribution >= 0.6 is 0 Å². The molecule has 19 heavy (non-hydrogen) atoms. The summed E-state index contributed by atoms with van der Waals surface area (Å²) >= 11 is 0. The summed E-state index contributed by atoms with van der Waals surface area (Å²) in [5.41, 5.74) is 8.47. The lowest BCUT2D eigenvalue weighted by Crippen LogP contribution is -2.13. The molecule has 0 bridgehead atoms. The quantitative estimate of drug-likeness (QED) is 0.886. The number of hydrogen-bond donors (Lipinski definition) is 2. The highest BCUT2D eigenvalue weighted by Crippen LogP contribution is 2.22. The van der Waals surface area contributed by atoms with Gasteiger partial charge in [-0.1, -0.05) is 25.1 Å². The number of furan rings is 1. The summed E-state index contributed by atoms with van der Waals surface area (Å²) in [5, 5.41) is 2.91. The van der Waals surface area contributed by atoms with Gasteiger partial charge in [0.25, 0.3) is 5.91 Å². The first-order chi connectivity index (χ1) is 9.15. The SMILES string of the molecule is CCc1cccc(C)c1NC(=O)c1ccc(CN)o1. The Morgan fingerprint density at radius 1 is 1.32 bits per heavy atom. The van der Waals surface area contributed by atoms with Crippen LogP contribution in [0.1, 0.15) is 34.4 Å². The molecule has 0 unspecified atom stereocenters. The molecule has 1 aromatic heterocycles. The highest BCUT2D eigenvalue weighted by Gasteiger charge is 2.13. The molecule has 0 radical (unpaired) electrons. The smallest absolute Gasteiger partial charge is 0.291 e. The van der Waals surface area contributed by atoms with Crippen LogP contribution in [0, 0.1) is 6.92 Å². The molecule has 0 fully saturated rings. The Balaban J connectivity index is 2.23. The second kappa shape index (κ2) is 5.71. The molecule has 1 aromatic carbocycles. The van der Waals surface area contributed by atoms with Crippen LogP contribution in [0.25, 0.3) is 0 Å². The molecule has 0 aliphatic rings. The van der Waals surface area contributed by atoms with Crippen molar-refractivity contribution in [3.05, 3.63) is 53.0 Å². The normalized spacial score (nSPS) is 10.5. The molecule has 3 N–H and O–H groups in total. The van der Waals surface area contributed by atoms with Gasteiger partial charge in [0.05, 0.1) is 6.54 Å². The summed E-state index contributed by atoms with van der Waals surface area (Å²) in [4.78, 5) is 12.1. The van der Waals surface area contributed by atoms with Crippen molar-refractivity contribution in [3.8, 4) is 0 Å². The number of benzene rings is 1. The van der Waals surface area contributed by atoms with E-state index in [1.54, 1.807) is 12.1 Å². The van der Waals surface area contributed by atoms with E-state index in [4.69, 9.17) is 10.2 Å². The Morgan fingerprint density at radius 2 is 2.11 bits per heavy atom. The van der Waals surface area contributed by atoms with Crippen molar-refractivity contribution in [1.29, 1.82) is 0 Å². The zero-order chi connectivity index (χ0) is 13.8. The second-order valence-electron chi connectivity index (χ2n) is 4.39. The van der Waals surface area contributed by atoms with Crippen molar-refractivity contribution in [2.75, 3.05) is 5.32 Å². The zero-order valence-electron chi connectivity index (χ0n) is 11.2. The molecule has 2 aromatic rings. The van der Waals surface area contributed by atoms with Gasteiger partial charge in [-0.05, 0) is 36.6 Å². The number of nitrogens with two attached hydrogens (primary N) is 1. The van der Waals surface area contributed by atoms with Gasteiger partial charge in [-0.15, -0.1) is 0 Å². The van der Waals surface area contributed by atoms with E-state index in [0.717, 1.165) is 23.2 Å². The lowest BCUT2D eigenvalue weighted by molar-refractivity contribution is 0.0995. The summed E-state index contributed by atoms with van der Waals surface area (Å²) < 4.78 is 5.34. The van der Waals surface area contributed by atoms with Gasteiger partial charge in [0.15, 0.2) is 5.76 Å². The van der Waals surface area contributed by atoms with E-state index in [0.29, 0.717) is 5.76 Å². The second-order valence-corrected chi connectivity index (χ2v) is 4.39. The van der Waals surface area contributed by atoms with Gasteiger partial charge in [0, 0.05) is 5.69 Å².